The number of urea groups is 1. The minimum atomic E-state index is -0.753. The number of likely N-dealkylation sites (tertiary alicyclic amines) is 1. The zero-order valence-corrected chi connectivity index (χ0v) is 11.0. The summed E-state index contributed by atoms with van der Waals surface area (Å²) in [6.45, 7) is 3.32. The number of carbonyl (C=O) groups excluding carboxylic acids is 1. The molecule has 0 bridgehead atoms. The quantitative estimate of drug-likeness (QED) is 0.827. The lowest BCUT2D eigenvalue weighted by atomic mass is 9.90. The topological polar surface area (TPSA) is 44.4 Å². The summed E-state index contributed by atoms with van der Waals surface area (Å²) >= 11 is 0. The van der Waals surface area contributed by atoms with E-state index in [1.54, 1.807) is 4.90 Å². The predicted octanol–water partition coefficient (Wildman–Crippen LogP) is 2.04. The lowest BCUT2D eigenvalue weighted by Gasteiger charge is -2.23. The second-order valence-corrected chi connectivity index (χ2v) is 5.47. The maximum Gasteiger partial charge on any atom is 0.321 e. The first-order valence-corrected chi connectivity index (χ1v) is 6.85. The van der Waals surface area contributed by atoms with Gasteiger partial charge in [-0.25, -0.2) is 13.6 Å². The van der Waals surface area contributed by atoms with Gasteiger partial charge in [-0.15, -0.1) is 0 Å². The lowest BCUT2D eigenvalue weighted by Crippen LogP contribution is -2.36. The average Bonchev–Trinajstić information content (AvgIpc) is 2.86. The molecule has 2 aliphatic rings. The van der Waals surface area contributed by atoms with Gasteiger partial charge in [0, 0.05) is 19.2 Å². The van der Waals surface area contributed by atoms with E-state index in [1.807, 2.05) is 0 Å². The number of nitrogens with one attached hydrogen (secondary N) is 2. The minimum Gasteiger partial charge on any atom is -0.324 e. The van der Waals surface area contributed by atoms with Crippen LogP contribution in [-0.2, 0) is 0 Å². The molecule has 1 aromatic rings. The summed E-state index contributed by atoms with van der Waals surface area (Å²) in [6, 6.07) is 2.83. The van der Waals surface area contributed by atoms with Crippen LogP contribution in [0.2, 0.25) is 0 Å². The number of benzene rings is 1. The van der Waals surface area contributed by atoms with Crippen LogP contribution < -0.4 is 10.6 Å². The summed E-state index contributed by atoms with van der Waals surface area (Å²) in [7, 11) is 0. The van der Waals surface area contributed by atoms with Crippen LogP contribution >= 0.6 is 0 Å². The Hall–Kier alpha value is -1.69. The first kappa shape index (κ1) is 13.3. The Kier molecular flexibility index (Phi) is 3.56. The Balaban J connectivity index is 1.65. The summed E-state index contributed by atoms with van der Waals surface area (Å²) in [6.07, 6.45) is 1.07. The van der Waals surface area contributed by atoms with Gasteiger partial charge >= 0.3 is 6.03 Å². The van der Waals surface area contributed by atoms with E-state index in [4.69, 9.17) is 0 Å². The summed E-state index contributed by atoms with van der Waals surface area (Å²) in [5, 5.41) is 5.83. The Morgan fingerprint density at radius 3 is 2.85 bits per heavy atom. The van der Waals surface area contributed by atoms with E-state index in [-0.39, 0.29) is 11.7 Å². The van der Waals surface area contributed by atoms with Gasteiger partial charge in [-0.2, -0.15) is 0 Å². The normalized spacial score (nSPS) is 25.4. The highest BCUT2D eigenvalue weighted by molar-refractivity contribution is 5.89. The molecule has 6 heteroatoms. The lowest BCUT2D eigenvalue weighted by molar-refractivity contribution is 0.220. The molecular formula is C14H17F2N3O. The van der Waals surface area contributed by atoms with Crippen LogP contribution in [0.4, 0.5) is 19.3 Å². The first-order chi connectivity index (χ1) is 9.63. The Labute approximate surface area is 116 Å². The van der Waals surface area contributed by atoms with Crippen molar-refractivity contribution in [2.75, 3.05) is 31.5 Å². The van der Waals surface area contributed by atoms with E-state index in [9.17, 15) is 13.6 Å². The van der Waals surface area contributed by atoms with Crippen LogP contribution in [0.5, 0.6) is 0 Å². The number of anilines is 1. The monoisotopic (exact) mass is 281 g/mol. The molecule has 2 heterocycles. The summed E-state index contributed by atoms with van der Waals surface area (Å²) < 4.78 is 26.3. The van der Waals surface area contributed by atoms with Crippen LogP contribution in [0.25, 0.3) is 0 Å². The maximum absolute atomic E-state index is 13.5. The number of fused-ring (bicyclic) bond motifs is 1. The van der Waals surface area contributed by atoms with E-state index >= 15 is 0 Å². The van der Waals surface area contributed by atoms with Gasteiger partial charge in [0.05, 0.1) is 5.69 Å². The zero-order valence-electron chi connectivity index (χ0n) is 11.0. The molecule has 20 heavy (non-hydrogen) atoms. The van der Waals surface area contributed by atoms with E-state index in [1.165, 1.54) is 6.07 Å². The molecular weight excluding hydrogens is 264 g/mol. The molecule has 2 aliphatic heterocycles. The standard InChI is InChI=1S/C14H17F2N3O/c15-11-1-2-13(12(16)5-11)18-14(20)19-7-9-3-4-17-6-10(9)8-19/h1-2,5,9-10,17H,3-4,6-8H2,(H,18,20). The van der Waals surface area contributed by atoms with Gasteiger partial charge in [-0.05, 0) is 43.5 Å². The highest BCUT2D eigenvalue weighted by atomic mass is 19.1. The summed E-state index contributed by atoms with van der Waals surface area (Å²) in [5.41, 5.74) is 0.0180. The van der Waals surface area contributed by atoms with E-state index < -0.39 is 11.6 Å². The van der Waals surface area contributed by atoms with Crippen molar-refractivity contribution >= 4 is 11.7 Å². The third-order valence-electron chi connectivity index (χ3n) is 4.13. The number of halogens is 2. The highest BCUT2D eigenvalue weighted by Gasteiger charge is 2.36. The van der Waals surface area contributed by atoms with Crippen molar-refractivity contribution < 1.29 is 13.6 Å². The fourth-order valence-corrected chi connectivity index (χ4v) is 3.02. The predicted molar refractivity (Wildman–Crippen MR) is 71.4 cm³/mol. The molecule has 4 nitrogen and oxygen atoms in total. The molecule has 108 valence electrons. The maximum atomic E-state index is 13.5. The van der Waals surface area contributed by atoms with Crippen molar-refractivity contribution in [2.24, 2.45) is 11.8 Å². The largest absolute Gasteiger partial charge is 0.324 e. The molecule has 2 fully saturated rings. The Bertz CT molecular complexity index is 509. The van der Waals surface area contributed by atoms with Crippen LogP contribution in [0.3, 0.4) is 0 Å². The van der Waals surface area contributed by atoms with Crippen LogP contribution in [0.15, 0.2) is 18.2 Å². The van der Waals surface area contributed by atoms with E-state index in [2.05, 4.69) is 10.6 Å². The number of amides is 2. The van der Waals surface area contributed by atoms with Gasteiger partial charge < -0.3 is 15.5 Å². The molecule has 2 unspecified atom stereocenters. The van der Waals surface area contributed by atoms with Crippen LogP contribution in [0.1, 0.15) is 6.42 Å². The van der Waals surface area contributed by atoms with Crippen molar-refractivity contribution in [1.29, 1.82) is 0 Å². The number of hydrogen-bond acceptors (Lipinski definition) is 2. The molecule has 2 amide bonds. The van der Waals surface area contributed by atoms with Crippen molar-refractivity contribution in [3.05, 3.63) is 29.8 Å². The molecule has 0 spiro atoms. The molecule has 2 saturated heterocycles. The van der Waals surface area contributed by atoms with Gasteiger partial charge in [0.15, 0.2) is 0 Å². The SMILES string of the molecule is O=C(Nc1ccc(F)cc1F)N1CC2CCNCC2C1. The number of piperidine rings is 1. The highest BCUT2D eigenvalue weighted by Crippen LogP contribution is 2.28. The fourth-order valence-electron chi connectivity index (χ4n) is 3.02. The summed E-state index contributed by atoms with van der Waals surface area (Å²) in [4.78, 5) is 13.8. The zero-order chi connectivity index (χ0) is 14.1. The average molecular weight is 281 g/mol. The second kappa shape index (κ2) is 5.36. The van der Waals surface area contributed by atoms with E-state index in [0.717, 1.165) is 31.6 Å². The van der Waals surface area contributed by atoms with Gasteiger partial charge in [0.25, 0.3) is 0 Å². The molecule has 0 aromatic heterocycles. The molecule has 3 rings (SSSR count). The second-order valence-electron chi connectivity index (χ2n) is 5.47. The van der Waals surface area contributed by atoms with Crippen molar-refractivity contribution in [2.45, 2.75) is 6.42 Å². The van der Waals surface area contributed by atoms with E-state index in [0.29, 0.717) is 24.9 Å². The van der Waals surface area contributed by atoms with Crippen LogP contribution in [0, 0.1) is 23.5 Å². The smallest absolute Gasteiger partial charge is 0.321 e. The van der Waals surface area contributed by atoms with Crippen LogP contribution in [-0.4, -0.2) is 37.1 Å². The number of hydrogen-bond donors (Lipinski definition) is 2. The first-order valence-electron chi connectivity index (χ1n) is 6.85. The van der Waals surface area contributed by atoms with Gasteiger partial charge in [0.1, 0.15) is 11.6 Å². The number of carbonyl (C=O) groups is 1. The summed E-state index contributed by atoms with van der Waals surface area (Å²) in [5.74, 6) is -0.400. The van der Waals surface area contributed by atoms with Gasteiger partial charge in [-0.1, -0.05) is 0 Å². The van der Waals surface area contributed by atoms with Gasteiger partial charge in [-0.3, -0.25) is 0 Å². The molecule has 2 atom stereocenters. The Morgan fingerprint density at radius 2 is 2.10 bits per heavy atom. The molecule has 1 aromatic carbocycles. The minimum absolute atomic E-state index is 0.0180. The molecule has 2 N–H and O–H groups in total. The third-order valence-corrected chi connectivity index (χ3v) is 4.13. The molecule has 0 aliphatic carbocycles. The molecule has 0 saturated carbocycles. The number of rotatable bonds is 1. The van der Waals surface area contributed by atoms with Gasteiger partial charge in [0.2, 0.25) is 0 Å². The number of nitrogens with zero attached hydrogens (tertiary/aromatic N) is 1. The third kappa shape index (κ3) is 2.60. The molecule has 0 radical (unpaired) electrons. The fraction of sp³-hybridized carbons (Fsp3) is 0.500. The van der Waals surface area contributed by atoms with Crippen molar-refractivity contribution in [3.8, 4) is 0 Å². The van der Waals surface area contributed by atoms with Crippen molar-refractivity contribution in [3.63, 3.8) is 0 Å². The Morgan fingerprint density at radius 1 is 1.30 bits per heavy atom. The van der Waals surface area contributed by atoms with Crippen molar-refractivity contribution in [1.82, 2.24) is 10.2 Å².